The minimum absolute atomic E-state index is 0.0865. The summed E-state index contributed by atoms with van der Waals surface area (Å²) >= 11 is 0. The number of ether oxygens (including phenoxy) is 3. The number of aliphatic hydroxyl groups is 1. The van der Waals surface area contributed by atoms with Crippen molar-refractivity contribution in [3.63, 3.8) is 0 Å². The molecule has 0 aliphatic heterocycles. The number of nitrogens with zero attached hydrogens (tertiary/aromatic N) is 1. The van der Waals surface area contributed by atoms with E-state index in [0.717, 1.165) is 0 Å². The lowest BCUT2D eigenvalue weighted by molar-refractivity contribution is 0.0699. The molecule has 0 saturated carbocycles. The van der Waals surface area contributed by atoms with Gasteiger partial charge in [0, 0.05) is 29.5 Å². The van der Waals surface area contributed by atoms with Crippen molar-refractivity contribution < 1.29 is 29.2 Å². The van der Waals surface area contributed by atoms with E-state index in [1.165, 1.54) is 27.4 Å². The maximum absolute atomic E-state index is 12.0. The second-order valence-electron chi connectivity index (χ2n) is 6.64. The highest BCUT2D eigenvalue weighted by Gasteiger charge is 2.18. The molecule has 0 radical (unpaired) electrons. The highest BCUT2D eigenvalue weighted by molar-refractivity contribution is 6.04. The Morgan fingerprint density at radius 2 is 1.74 bits per heavy atom. The first-order chi connectivity index (χ1) is 15.0. The summed E-state index contributed by atoms with van der Waals surface area (Å²) < 4.78 is 16.1. The Kier molecular flexibility index (Phi) is 6.96. The summed E-state index contributed by atoms with van der Waals surface area (Å²) in [4.78, 5) is 16.6. The summed E-state index contributed by atoms with van der Waals surface area (Å²) in [5.41, 5.74) is 2.44. The zero-order valence-corrected chi connectivity index (χ0v) is 17.6. The molecule has 0 amide bonds. The standard InChI is InChI=1S/C24H23NO6/c1-29-21-12-16(13-22(30-2)23(21)31-3)20-14-18(24(27)28)17-11-15(7-5-4-6-10-26)8-9-19(17)25-20/h8-9,11-14,26H,4,6,10H2,1-3H3,(H,27,28). The lowest BCUT2D eigenvalue weighted by atomic mass is 10.0. The van der Waals surface area contributed by atoms with Crippen molar-refractivity contribution >= 4 is 16.9 Å². The summed E-state index contributed by atoms with van der Waals surface area (Å²) in [6, 6.07) is 10.2. The number of aromatic nitrogens is 1. The van der Waals surface area contributed by atoms with Crippen LogP contribution in [0.1, 0.15) is 28.8 Å². The van der Waals surface area contributed by atoms with Gasteiger partial charge in [0.15, 0.2) is 11.5 Å². The molecule has 3 rings (SSSR count). The van der Waals surface area contributed by atoms with E-state index >= 15 is 0 Å². The monoisotopic (exact) mass is 421 g/mol. The van der Waals surface area contributed by atoms with E-state index in [4.69, 9.17) is 19.3 Å². The van der Waals surface area contributed by atoms with E-state index in [9.17, 15) is 9.90 Å². The first kappa shape index (κ1) is 21.9. The molecule has 0 spiro atoms. The predicted molar refractivity (Wildman–Crippen MR) is 117 cm³/mol. The van der Waals surface area contributed by atoms with Gasteiger partial charge in [-0.3, -0.25) is 0 Å². The minimum Gasteiger partial charge on any atom is -0.493 e. The molecule has 0 aliphatic rings. The zero-order chi connectivity index (χ0) is 22.4. The number of benzene rings is 2. The lowest BCUT2D eigenvalue weighted by Gasteiger charge is -2.14. The third kappa shape index (κ3) is 4.71. The number of unbranched alkanes of at least 4 members (excludes halogenated alkanes) is 1. The molecule has 160 valence electrons. The van der Waals surface area contributed by atoms with Gasteiger partial charge in [0.25, 0.3) is 0 Å². The first-order valence-corrected chi connectivity index (χ1v) is 9.60. The molecule has 2 N–H and O–H groups in total. The molecular weight excluding hydrogens is 398 g/mol. The third-order valence-corrected chi connectivity index (χ3v) is 4.69. The molecule has 0 fully saturated rings. The molecule has 0 aliphatic carbocycles. The number of carboxylic acid groups (broad SMARTS) is 1. The average molecular weight is 421 g/mol. The molecule has 3 aromatic rings. The predicted octanol–water partition coefficient (Wildman–Crippen LogP) is 3.75. The molecule has 2 aromatic carbocycles. The van der Waals surface area contributed by atoms with Crippen LogP contribution in [0.25, 0.3) is 22.2 Å². The van der Waals surface area contributed by atoms with E-state index < -0.39 is 5.97 Å². The van der Waals surface area contributed by atoms with Crippen molar-refractivity contribution in [3.8, 4) is 40.3 Å². The molecular formula is C24H23NO6. The maximum Gasteiger partial charge on any atom is 0.336 e. The quantitative estimate of drug-likeness (QED) is 0.443. The van der Waals surface area contributed by atoms with E-state index in [-0.39, 0.29) is 12.2 Å². The van der Waals surface area contributed by atoms with Crippen LogP contribution in [-0.2, 0) is 0 Å². The van der Waals surface area contributed by atoms with Gasteiger partial charge in [0.2, 0.25) is 5.75 Å². The van der Waals surface area contributed by atoms with Crippen molar-refractivity contribution in [2.45, 2.75) is 12.8 Å². The Morgan fingerprint density at radius 3 is 2.32 bits per heavy atom. The molecule has 1 aromatic heterocycles. The van der Waals surface area contributed by atoms with Crippen molar-refractivity contribution in [1.29, 1.82) is 0 Å². The largest absolute Gasteiger partial charge is 0.493 e. The van der Waals surface area contributed by atoms with Gasteiger partial charge < -0.3 is 24.4 Å². The Labute approximate surface area is 180 Å². The molecule has 0 saturated heterocycles. The third-order valence-electron chi connectivity index (χ3n) is 4.69. The second-order valence-corrected chi connectivity index (χ2v) is 6.64. The molecule has 0 atom stereocenters. The number of hydrogen-bond acceptors (Lipinski definition) is 6. The molecule has 0 unspecified atom stereocenters. The van der Waals surface area contributed by atoms with Crippen LogP contribution in [-0.4, -0.2) is 49.1 Å². The first-order valence-electron chi connectivity index (χ1n) is 9.60. The summed E-state index contributed by atoms with van der Waals surface area (Å²) in [6.07, 6.45) is 1.17. The number of aromatic carboxylic acids is 1. The number of rotatable bonds is 7. The van der Waals surface area contributed by atoms with Crippen molar-refractivity contribution in [3.05, 3.63) is 47.5 Å². The summed E-state index contributed by atoms with van der Waals surface area (Å²) in [5.74, 6) is 6.25. The van der Waals surface area contributed by atoms with Crippen LogP contribution in [0, 0.1) is 11.8 Å². The summed E-state index contributed by atoms with van der Waals surface area (Å²) in [6.45, 7) is 0.0865. The molecule has 7 nitrogen and oxygen atoms in total. The Hall–Kier alpha value is -3.76. The van der Waals surface area contributed by atoms with E-state index in [1.54, 1.807) is 30.3 Å². The molecule has 31 heavy (non-hydrogen) atoms. The van der Waals surface area contributed by atoms with Gasteiger partial charge in [-0.25, -0.2) is 9.78 Å². The minimum atomic E-state index is -1.06. The summed E-state index contributed by atoms with van der Waals surface area (Å²) in [7, 11) is 4.54. The SMILES string of the molecule is COc1cc(-c2cc(C(=O)O)c3cc(C#CCCCO)ccc3n2)cc(OC)c1OC. The van der Waals surface area contributed by atoms with E-state index in [2.05, 4.69) is 16.8 Å². The number of carbonyl (C=O) groups is 1. The van der Waals surface area contributed by atoms with Crippen LogP contribution in [0.2, 0.25) is 0 Å². The van der Waals surface area contributed by atoms with Gasteiger partial charge in [-0.05, 0) is 42.8 Å². The van der Waals surface area contributed by atoms with Gasteiger partial charge in [-0.15, -0.1) is 0 Å². The summed E-state index contributed by atoms with van der Waals surface area (Å²) in [5, 5.41) is 19.2. The van der Waals surface area contributed by atoms with E-state index in [1.807, 2.05) is 0 Å². The second kappa shape index (κ2) is 9.83. The number of methoxy groups -OCH3 is 3. The fraction of sp³-hybridized carbons (Fsp3) is 0.250. The number of pyridine rings is 1. The van der Waals surface area contributed by atoms with Crippen LogP contribution in [0.5, 0.6) is 17.2 Å². The topological polar surface area (TPSA) is 98.1 Å². The normalized spacial score (nSPS) is 10.3. The number of hydrogen-bond donors (Lipinski definition) is 2. The van der Waals surface area contributed by atoms with Crippen LogP contribution >= 0.6 is 0 Å². The number of aliphatic hydroxyl groups excluding tert-OH is 1. The fourth-order valence-corrected chi connectivity index (χ4v) is 3.19. The van der Waals surface area contributed by atoms with Gasteiger partial charge in [0.1, 0.15) is 0 Å². The van der Waals surface area contributed by atoms with Crippen LogP contribution in [0.3, 0.4) is 0 Å². The maximum atomic E-state index is 12.0. The Bertz CT molecular complexity index is 1150. The van der Waals surface area contributed by atoms with E-state index in [0.29, 0.717) is 57.8 Å². The van der Waals surface area contributed by atoms with Gasteiger partial charge in [-0.2, -0.15) is 0 Å². The number of fused-ring (bicyclic) bond motifs is 1. The Morgan fingerprint density at radius 1 is 1.03 bits per heavy atom. The van der Waals surface area contributed by atoms with Crippen LogP contribution in [0.15, 0.2) is 36.4 Å². The van der Waals surface area contributed by atoms with Crippen LogP contribution < -0.4 is 14.2 Å². The van der Waals surface area contributed by atoms with Gasteiger partial charge in [-0.1, -0.05) is 11.8 Å². The highest BCUT2D eigenvalue weighted by Crippen LogP contribution is 2.41. The average Bonchev–Trinajstić information content (AvgIpc) is 2.79. The molecule has 1 heterocycles. The Balaban J connectivity index is 2.15. The molecule has 7 heteroatoms. The molecule has 0 bridgehead atoms. The van der Waals surface area contributed by atoms with Crippen molar-refractivity contribution in [2.75, 3.05) is 27.9 Å². The number of carboxylic acids is 1. The fourth-order valence-electron chi connectivity index (χ4n) is 3.19. The smallest absolute Gasteiger partial charge is 0.336 e. The van der Waals surface area contributed by atoms with Crippen molar-refractivity contribution in [2.24, 2.45) is 0 Å². The van der Waals surface area contributed by atoms with Gasteiger partial charge in [0.05, 0.1) is 38.1 Å². The van der Waals surface area contributed by atoms with Crippen LogP contribution in [0.4, 0.5) is 0 Å². The zero-order valence-electron chi connectivity index (χ0n) is 17.6. The van der Waals surface area contributed by atoms with Gasteiger partial charge >= 0.3 is 5.97 Å². The highest BCUT2D eigenvalue weighted by atomic mass is 16.5. The lowest BCUT2D eigenvalue weighted by Crippen LogP contribution is -2.01. The van der Waals surface area contributed by atoms with Crippen molar-refractivity contribution in [1.82, 2.24) is 4.98 Å².